The third-order valence-electron chi connectivity index (χ3n) is 2.77. The van der Waals surface area contributed by atoms with Crippen LogP contribution in [0.15, 0.2) is 53.5 Å². The van der Waals surface area contributed by atoms with Gasteiger partial charge in [0.1, 0.15) is 24.1 Å². The standard InChI is InChI=1S/C14H11FO3/c15-11-4-3-10(8-12-2-1-5-16-12)13(9-11)14-17-6-7-18-14/h1-7,9,14H,8H2. The fraction of sp³-hybridized carbons (Fsp3) is 0.143. The first kappa shape index (κ1) is 10.9. The van der Waals surface area contributed by atoms with E-state index >= 15 is 0 Å². The Labute approximate surface area is 103 Å². The summed E-state index contributed by atoms with van der Waals surface area (Å²) in [7, 11) is 0. The molecule has 0 amide bonds. The van der Waals surface area contributed by atoms with E-state index in [9.17, 15) is 4.39 Å². The van der Waals surface area contributed by atoms with Crippen molar-refractivity contribution in [1.82, 2.24) is 0 Å². The van der Waals surface area contributed by atoms with E-state index < -0.39 is 6.29 Å². The molecule has 1 aliphatic heterocycles. The summed E-state index contributed by atoms with van der Waals surface area (Å²) in [6.45, 7) is 0. The van der Waals surface area contributed by atoms with Crippen molar-refractivity contribution >= 4 is 0 Å². The van der Waals surface area contributed by atoms with Crippen LogP contribution in [0.5, 0.6) is 0 Å². The second-order valence-electron chi connectivity index (χ2n) is 3.98. The Morgan fingerprint density at radius 2 is 1.94 bits per heavy atom. The minimum Gasteiger partial charge on any atom is -0.469 e. The molecule has 0 aliphatic carbocycles. The summed E-state index contributed by atoms with van der Waals surface area (Å²) in [5.74, 6) is 0.501. The van der Waals surface area contributed by atoms with Crippen LogP contribution in [0.4, 0.5) is 4.39 Å². The van der Waals surface area contributed by atoms with E-state index in [4.69, 9.17) is 13.9 Å². The van der Waals surface area contributed by atoms with Gasteiger partial charge in [0.25, 0.3) is 6.29 Å². The topological polar surface area (TPSA) is 31.6 Å². The van der Waals surface area contributed by atoms with E-state index in [1.54, 1.807) is 12.3 Å². The number of hydrogen-bond acceptors (Lipinski definition) is 3. The van der Waals surface area contributed by atoms with Gasteiger partial charge in [-0.25, -0.2) is 4.39 Å². The van der Waals surface area contributed by atoms with E-state index in [-0.39, 0.29) is 5.82 Å². The van der Waals surface area contributed by atoms with Crippen molar-refractivity contribution in [1.29, 1.82) is 0 Å². The second-order valence-corrected chi connectivity index (χ2v) is 3.98. The highest BCUT2D eigenvalue weighted by Gasteiger charge is 2.20. The van der Waals surface area contributed by atoms with E-state index in [0.717, 1.165) is 11.3 Å². The predicted octanol–water partition coefficient (Wildman–Crippen LogP) is 3.53. The molecule has 3 nitrogen and oxygen atoms in total. The highest BCUT2D eigenvalue weighted by atomic mass is 19.1. The van der Waals surface area contributed by atoms with E-state index in [0.29, 0.717) is 12.0 Å². The van der Waals surface area contributed by atoms with Crippen molar-refractivity contribution in [3.63, 3.8) is 0 Å². The number of benzene rings is 1. The van der Waals surface area contributed by atoms with Crippen LogP contribution in [0.1, 0.15) is 23.2 Å². The largest absolute Gasteiger partial charge is 0.469 e. The van der Waals surface area contributed by atoms with Crippen LogP contribution in [0, 0.1) is 5.82 Å². The first-order valence-electron chi connectivity index (χ1n) is 5.59. The Morgan fingerprint density at radius 3 is 2.67 bits per heavy atom. The van der Waals surface area contributed by atoms with Crippen LogP contribution in [0.2, 0.25) is 0 Å². The van der Waals surface area contributed by atoms with Crippen LogP contribution in [0.25, 0.3) is 0 Å². The number of furan rings is 1. The molecular formula is C14H11FO3. The Kier molecular flexibility index (Phi) is 2.76. The summed E-state index contributed by atoms with van der Waals surface area (Å²) in [5, 5.41) is 0. The molecule has 0 N–H and O–H groups in total. The summed E-state index contributed by atoms with van der Waals surface area (Å²) in [6.07, 6.45) is 4.51. The number of ether oxygens (including phenoxy) is 2. The molecule has 92 valence electrons. The van der Waals surface area contributed by atoms with E-state index in [1.807, 2.05) is 12.1 Å². The third kappa shape index (κ3) is 2.09. The Hall–Kier alpha value is -2.23. The smallest absolute Gasteiger partial charge is 0.266 e. The maximum Gasteiger partial charge on any atom is 0.266 e. The van der Waals surface area contributed by atoms with Gasteiger partial charge in [-0.3, -0.25) is 0 Å². The Bertz CT molecular complexity index is 552. The van der Waals surface area contributed by atoms with Crippen molar-refractivity contribution in [2.75, 3.05) is 0 Å². The molecule has 1 aromatic carbocycles. The number of rotatable bonds is 3. The molecule has 18 heavy (non-hydrogen) atoms. The Morgan fingerprint density at radius 1 is 1.11 bits per heavy atom. The molecule has 0 fully saturated rings. The lowest BCUT2D eigenvalue weighted by atomic mass is 10.0. The molecule has 0 atom stereocenters. The first-order chi connectivity index (χ1) is 8.83. The van der Waals surface area contributed by atoms with Crippen molar-refractivity contribution in [2.24, 2.45) is 0 Å². The monoisotopic (exact) mass is 246 g/mol. The average Bonchev–Trinajstić information content (AvgIpc) is 3.04. The lowest BCUT2D eigenvalue weighted by Gasteiger charge is -2.14. The van der Waals surface area contributed by atoms with Gasteiger partial charge in [0.05, 0.1) is 6.26 Å². The van der Waals surface area contributed by atoms with Gasteiger partial charge in [0.15, 0.2) is 0 Å². The molecule has 0 spiro atoms. The van der Waals surface area contributed by atoms with Gasteiger partial charge in [-0.05, 0) is 29.8 Å². The van der Waals surface area contributed by atoms with E-state index in [1.165, 1.54) is 24.7 Å². The van der Waals surface area contributed by atoms with Crippen LogP contribution < -0.4 is 0 Å². The van der Waals surface area contributed by atoms with Crippen molar-refractivity contribution in [3.8, 4) is 0 Å². The maximum atomic E-state index is 13.3. The molecule has 1 aromatic heterocycles. The Balaban J connectivity index is 1.92. The van der Waals surface area contributed by atoms with Gasteiger partial charge in [0.2, 0.25) is 0 Å². The van der Waals surface area contributed by atoms with E-state index in [2.05, 4.69) is 0 Å². The normalized spacial score (nSPS) is 14.5. The van der Waals surface area contributed by atoms with Gasteiger partial charge in [0, 0.05) is 12.0 Å². The number of hydrogen-bond donors (Lipinski definition) is 0. The minimum absolute atomic E-state index is 0.313. The maximum absolute atomic E-state index is 13.3. The van der Waals surface area contributed by atoms with Crippen LogP contribution in [0.3, 0.4) is 0 Å². The molecule has 4 heteroatoms. The molecule has 0 bridgehead atoms. The predicted molar refractivity (Wildman–Crippen MR) is 62.0 cm³/mol. The van der Waals surface area contributed by atoms with Gasteiger partial charge >= 0.3 is 0 Å². The molecule has 2 heterocycles. The highest BCUT2D eigenvalue weighted by molar-refractivity contribution is 5.32. The summed E-state index contributed by atoms with van der Waals surface area (Å²) in [6, 6.07) is 8.27. The SMILES string of the molecule is Fc1ccc(Cc2ccco2)c(C2OC=CO2)c1. The van der Waals surface area contributed by atoms with Crippen LogP contribution >= 0.6 is 0 Å². The highest BCUT2D eigenvalue weighted by Crippen LogP contribution is 2.29. The zero-order valence-electron chi connectivity index (χ0n) is 9.51. The van der Waals surface area contributed by atoms with Gasteiger partial charge in [-0.1, -0.05) is 6.07 Å². The fourth-order valence-corrected chi connectivity index (χ4v) is 1.93. The molecule has 0 saturated carbocycles. The van der Waals surface area contributed by atoms with Gasteiger partial charge < -0.3 is 13.9 Å². The van der Waals surface area contributed by atoms with Crippen molar-refractivity contribution < 1.29 is 18.3 Å². The van der Waals surface area contributed by atoms with Gasteiger partial charge in [-0.2, -0.15) is 0 Å². The summed E-state index contributed by atoms with van der Waals surface area (Å²) < 4.78 is 29.1. The zero-order valence-corrected chi connectivity index (χ0v) is 9.51. The summed E-state index contributed by atoms with van der Waals surface area (Å²) >= 11 is 0. The summed E-state index contributed by atoms with van der Waals surface area (Å²) in [5.41, 5.74) is 1.59. The fourth-order valence-electron chi connectivity index (χ4n) is 1.93. The second kappa shape index (κ2) is 4.56. The quantitative estimate of drug-likeness (QED) is 0.830. The molecule has 0 unspecified atom stereocenters. The minimum atomic E-state index is -0.578. The number of halogens is 1. The van der Waals surface area contributed by atoms with Crippen molar-refractivity contribution in [3.05, 3.63) is 71.8 Å². The molecule has 0 saturated heterocycles. The molecular weight excluding hydrogens is 235 g/mol. The summed E-state index contributed by atoms with van der Waals surface area (Å²) in [4.78, 5) is 0. The van der Waals surface area contributed by atoms with Gasteiger partial charge in [-0.15, -0.1) is 0 Å². The molecule has 0 radical (unpaired) electrons. The molecule has 3 rings (SSSR count). The van der Waals surface area contributed by atoms with Crippen molar-refractivity contribution in [2.45, 2.75) is 12.7 Å². The average molecular weight is 246 g/mol. The molecule has 2 aromatic rings. The lowest BCUT2D eigenvalue weighted by Crippen LogP contribution is -2.04. The first-order valence-corrected chi connectivity index (χ1v) is 5.59. The third-order valence-corrected chi connectivity index (χ3v) is 2.77. The van der Waals surface area contributed by atoms with Crippen LogP contribution in [-0.4, -0.2) is 0 Å². The molecule has 1 aliphatic rings. The lowest BCUT2D eigenvalue weighted by molar-refractivity contribution is -0.0254. The van der Waals surface area contributed by atoms with Crippen LogP contribution in [-0.2, 0) is 15.9 Å². The zero-order chi connectivity index (χ0) is 12.4.